The van der Waals surface area contributed by atoms with Crippen molar-refractivity contribution in [3.8, 4) is 0 Å². The Morgan fingerprint density at radius 2 is 0.662 bits per heavy atom. The van der Waals surface area contributed by atoms with Gasteiger partial charge in [-0.05, 0) is 324 Å². The Hall–Kier alpha value is 0. The molecule has 18 aliphatic carbocycles. The van der Waals surface area contributed by atoms with Crippen molar-refractivity contribution in [1.29, 1.82) is 0 Å². The van der Waals surface area contributed by atoms with Gasteiger partial charge in [0.05, 0.1) is 0 Å². The average Bonchev–Trinajstić information content (AvgIpc) is 4.19. The van der Waals surface area contributed by atoms with Crippen LogP contribution in [-0.4, -0.2) is 0 Å². The molecule has 0 aliphatic heterocycles. The first-order valence-electron chi connectivity index (χ1n) is 34.6. The molecule has 0 aromatic carbocycles. The quantitative estimate of drug-likeness (QED) is 0.264. The maximum atomic E-state index is 2.44. The molecule has 0 amide bonds. The maximum absolute atomic E-state index is 2.44. The van der Waals surface area contributed by atoms with Crippen molar-refractivity contribution in [2.24, 2.45) is 151 Å². The highest BCUT2D eigenvalue weighted by molar-refractivity contribution is 5.03. The van der Waals surface area contributed by atoms with E-state index in [1.54, 1.807) is 70.6 Å². The Balaban J connectivity index is 0.000000115. The van der Waals surface area contributed by atoms with E-state index in [4.69, 9.17) is 0 Å². The minimum atomic E-state index is 0.554. The summed E-state index contributed by atoms with van der Waals surface area (Å²) in [7, 11) is 0. The molecule has 18 fully saturated rings. The van der Waals surface area contributed by atoms with Crippen LogP contribution in [-0.2, 0) is 0 Å². The van der Waals surface area contributed by atoms with Gasteiger partial charge in [-0.2, -0.15) is 0 Å². The second kappa shape index (κ2) is 23.8. The summed E-state index contributed by atoms with van der Waals surface area (Å²) in [6, 6.07) is 0. The van der Waals surface area contributed by atoms with Gasteiger partial charge in [-0.3, -0.25) is 0 Å². The van der Waals surface area contributed by atoms with Crippen LogP contribution >= 0.6 is 0 Å². The molecule has 0 N–H and O–H groups in total. The Bertz CT molecular complexity index is 1620. The third-order valence-corrected chi connectivity index (χ3v) is 27.4. The van der Waals surface area contributed by atoms with Gasteiger partial charge >= 0.3 is 0 Å². The predicted octanol–water partition coefficient (Wildman–Crippen LogP) is 23.4. The minimum Gasteiger partial charge on any atom is -0.0625 e. The molecule has 0 aromatic rings. The van der Waals surface area contributed by atoms with Gasteiger partial charge in [0.2, 0.25) is 0 Å². The SMILES string of the molecule is CC(C)(C)C12CCC(CC1)C2.CC(C)(C)C12CCC(CC1)CC2.CC(C)(C)C1CC2CCC1C2.CC(C)(C)C1CC2CCC1CC2.CC(C)C1C2CCC1C2.CC(C)C1C2CCC1CC2.CC(C)C1CC2CC1C2. The monoisotopic (exact) mass is 1020 g/mol. The molecular formula is C74H134. The summed E-state index contributed by atoms with van der Waals surface area (Å²) in [4.78, 5) is 0. The average molecular weight is 1020 g/mol. The molecule has 7 unspecified atom stereocenters. The third kappa shape index (κ3) is 13.7. The summed E-state index contributed by atoms with van der Waals surface area (Å²) in [5.74, 6) is 21.8. The maximum Gasteiger partial charge on any atom is -0.0246 e. The topological polar surface area (TPSA) is 0 Å². The summed E-state index contributed by atoms with van der Waals surface area (Å²) in [6.07, 6.45) is 46.2. The zero-order valence-electron chi connectivity index (χ0n) is 53.8. The van der Waals surface area contributed by atoms with Gasteiger partial charge in [0, 0.05) is 0 Å². The Morgan fingerprint density at radius 3 is 0.892 bits per heavy atom. The first-order chi connectivity index (χ1) is 34.6. The number of hydrogen-bond acceptors (Lipinski definition) is 0. The zero-order chi connectivity index (χ0) is 53.8. The van der Waals surface area contributed by atoms with Crippen molar-refractivity contribution in [3.05, 3.63) is 0 Å². The molecule has 0 radical (unpaired) electrons. The molecule has 0 aromatic heterocycles. The van der Waals surface area contributed by atoms with Crippen molar-refractivity contribution >= 4 is 0 Å². The van der Waals surface area contributed by atoms with E-state index in [1.807, 2.05) is 0 Å². The van der Waals surface area contributed by atoms with Crippen LogP contribution in [0.25, 0.3) is 0 Å². The first-order valence-corrected chi connectivity index (χ1v) is 34.6. The van der Waals surface area contributed by atoms with E-state index < -0.39 is 0 Å². The van der Waals surface area contributed by atoms with Crippen molar-refractivity contribution in [2.75, 3.05) is 0 Å². The van der Waals surface area contributed by atoms with E-state index in [0.29, 0.717) is 21.7 Å². The molecule has 0 nitrogen and oxygen atoms in total. The van der Waals surface area contributed by atoms with Gasteiger partial charge in [-0.1, -0.05) is 144 Å². The number of rotatable bonds is 3. The van der Waals surface area contributed by atoms with E-state index in [9.17, 15) is 0 Å². The highest BCUT2D eigenvalue weighted by Crippen LogP contribution is 2.63. The van der Waals surface area contributed by atoms with Crippen LogP contribution < -0.4 is 0 Å². The highest BCUT2D eigenvalue weighted by Gasteiger charge is 2.52. The molecule has 18 saturated carbocycles. The van der Waals surface area contributed by atoms with Gasteiger partial charge in [0.15, 0.2) is 0 Å². The molecule has 18 aliphatic rings. The van der Waals surface area contributed by atoms with E-state index in [-0.39, 0.29) is 0 Å². The molecule has 7 atom stereocenters. The van der Waals surface area contributed by atoms with Crippen molar-refractivity contribution in [3.63, 3.8) is 0 Å². The molecule has 430 valence electrons. The van der Waals surface area contributed by atoms with E-state index in [1.165, 1.54) is 122 Å². The molecule has 0 spiro atoms. The molecule has 0 heteroatoms. The molecule has 18 rings (SSSR count). The lowest BCUT2D eigenvalue weighted by Crippen LogP contribution is -2.43. The van der Waals surface area contributed by atoms with Gasteiger partial charge < -0.3 is 0 Å². The lowest BCUT2D eigenvalue weighted by atomic mass is 9.51. The third-order valence-electron chi connectivity index (χ3n) is 27.4. The van der Waals surface area contributed by atoms with Gasteiger partial charge in [-0.15, -0.1) is 0 Å². The van der Waals surface area contributed by atoms with Crippen LogP contribution in [0.5, 0.6) is 0 Å². The van der Waals surface area contributed by atoms with Crippen LogP contribution in [0.1, 0.15) is 317 Å². The lowest BCUT2D eigenvalue weighted by Gasteiger charge is -2.54. The molecule has 0 saturated heterocycles. The van der Waals surface area contributed by atoms with E-state index >= 15 is 0 Å². The van der Waals surface area contributed by atoms with Crippen molar-refractivity contribution in [2.45, 2.75) is 317 Å². The standard InChI is InChI=1S/2C12H22.2C11H20.C10H18.2C9H16/c1-11(2,3)12-7-4-10(5-8-12)6-9-12;1-12(2,3)11-8-9-4-6-10(11)7-5-9;1-10(2,3)11-6-4-9(8-11)5-7-11;1-11(2,3)10-7-8-4-5-9(10)6-8;1-7(2)10-8-3-4-9(10)6-5-8;1-6(2)9-5-7-3-8(9)4-7;1-6(2)9-7-3-4-8(9)5-7/h10H,4-9H2,1-3H3;9-11H,4-8H2,1-3H3;9H,4-8H2,1-3H3;8-10H,4-7H2,1-3H3;7-10H,3-6H2,1-2H3;2*6-9H,3-5H2,1-2H3. The largest absolute Gasteiger partial charge is 0.0625 e. The van der Waals surface area contributed by atoms with E-state index in [2.05, 4.69) is 125 Å². The predicted molar refractivity (Wildman–Crippen MR) is 325 cm³/mol. The summed E-state index contributed by atoms with van der Waals surface area (Å²) in [6.45, 7) is 43.5. The molecule has 0 heterocycles. The van der Waals surface area contributed by atoms with Crippen LogP contribution in [0.3, 0.4) is 0 Å². The Morgan fingerprint density at radius 1 is 0.284 bits per heavy atom. The Labute approximate surface area is 465 Å². The van der Waals surface area contributed by atoms with Crippen molar-refractivity contribution in [1.82, 2.24) is 0 Å². The second-order valence-corrected chi connectivity index (χ2v) is 36.2. The molecule has 74 heavy (non-hydrogen) atoms. The number of hydrogen-bond donors (Lipinski definition) is 0. The van der Waals surface area contributed by atoms with Crippen LogP contribution in [0.15, 0.2) is 0 Å². The fourth-order valence-electron chi connectivity index (χ4n) is 22.5. The summed E-state index contributed by atoms with van der Waals surface area (Å²) >= 11 is 0. The van der Waals surface area contributed by atoms with Gasteiger partial charge in [0.1, 0.15) is 0 Å². The van der Waals surface area contributed by atoms with Crippen LogP contribution in [0.2, 0.25) is 0 Å². The second-order valence-electron chi connectivity index (χ2n) is 36.2. The first kappa shape index (κ1) is 60.1. The molecular weight excluding hydrogens is 889 g/mol. The minimum absolute atomic E-state index is 0.554. The smallest absolute Gasteiger partial charge is 0.0246 e. The summed E-state index contributed by atoms with van der Waals surface area (Å²) in [5, 5.41) is 0. The fraction of sp³-hybridized carbons (Fsp3) is 1.00. The summed E-state index contributed by atoms with van der Waals surface area (Å²) < 4.78 is 0. The zero-order valence-corrected chi connectivity index (χ0v) is 53.8. The fourth-order valence-corrected chi connectivity index (χ4v) is 22.5. The van der Waals surface area contributed by atoms with Crippen molar-refractivity contribution < 1.29 is 0 Å². The van der Waals surface area contributed by atoms with Gasteiger partial charge in [-0.25, -0.2) is 0 Å². The van der Waals surface area contributed by atoms with Crippen LogP contribution in [0.4, 0.5) is 0 Å². The van der Waals surface area contributed by atoms with E-state index in [0.717, 1.165) is 129 Å². The Kier molecular flexibility index (Phi) is 19.4. The lowest BCUT2D eigenvalue weighted by molar-refractivity contribution is -0.0316. The van der Waals surface area contributed by atoms with Crippen LogP contribution in [0, 0.1) is 151 Å². The normalized spacial score (nSPS) is 44.1. The summed E-state index contributed by atoms with van der Waals surface area (Å²) in [5.41, 5.74) is 3.75. The molecule has 14 bridgehead atoms. The number of fused-ring (bicyclic) bond motifs is 14. The highest BCUT2D eigenvalue weighted by atomic mass is 14.6. The van der Waals surface area contributed by atoms with Gasteiger partial charge in [0.25, 0.3) is 0 Å².